The Labute approximate surface area is 89.1 Å². The molecule has 0 saturated carbocycles. The lowest BCUT2D eigenvalue weighted by atomic mass is 10.0. The highest BCUT2D eigenvalue weighted by molar-refractivity contribution is 4.83. The minimum atomic E-state index is 0.799. The van der Waals surface area contributed by atoms with Gasteiger partial charge in [0.25, 0.3) is 0 Å². The highest BCUT2D eigenvalue weighted by Gasteiger charge is 2.28. The van der Waals surface area contributed by atoms with Crippen molar-refractivity contribution in [2.45, 2.75) is 39.7 Å². The molecule has 84 valence electrons. The highest BCUT2D eigenvalue weighted by atomic mass is 15.2. The van der Waals surface area contributed by atoms with Gasteiger partial charge < -0.3 is 5.32 Å². The van der Waals surface area contributed by atoms with Gasteiger partial charge in [0.15, 0.2) is 0 Å². The molecule has 2 nitrogen and oxygen atoms in total. The van der Waals surface area contributed by atoms with Crippen LogP contribution in [0.15, 0.2) is 0 Å². The van der Waals surface area contributed by atoms with Crippen LogP contribution < -0.4 is 5.32 Å². The van der Waals surface area contributed by atoms with E-state index in [1.54, 1.807) is 0 Å². The highest BCUT2D eigenvalue weighted by Crippen LogP contribution is 2.23. The molecule has 1 heterocycles. The Kier molecular flexibility index (Phi) is 4.90. The van der Waals surface area contributed by atoms with Crippen molar-refractivity contribution in [3.05, 3.63) is 0 Å². The third-order valence-corrected chi connectivity index (χ3v) is 3.47. The average Bonchev–Trinajstić information content (AvgIpc) is 2.54. The zero-order chi connectivity index (χ0) is 10.6. The van der Waals surface area contributed by atoms with Gasteiger partial charge >= 0.3 is 0 Å². The lowest BCUT2D eigenvalue weighted by Gasteiger charge is -2.30. The van der Waals surface area contributed by atoms with Crippen molar-refractivity contribution in [2.24, 2.45) is 11.8 Å². The molecule has 1 N–H and O–H groups in total. The van der Waals surface area contributed by atoms with Gasteiger partial charge in [0, 0.05) is 12.6 Å². The molecule has 2 heteroatoms. The molecule has 1 saturated heterocycles. The third-order valence-electron chi connectivity index (χ3n) is 3.47. The maximum absolute atomic E-state index is 3.29. The van der Waals surface area contributed by atoms with Crippen molar-refractivity contribution < 1.29 is 0 Å². The van der Waals surface area contributed by atoms with Gasteiger partial charge in [0.05, 0.1) is 0 Å². The van der Waals surface area contributed by atoms with Crippen molar-refractivity contribution in [3.8, 4) is 0 Å². The molecule has 2 atom stereocenters. The molecule has 14 heavy (non-hydrogen) atoms. The summed E-state index contributed by atoms with van der Waals surface area (Å²) < 4.78 is 0. The number of hydrogen-bond acceptors (Lipinski definition) is 2. The second-order valence-electron chi connectivity index (χ2n) is 4.93. The van der Waals surface area contributed by atoms with E-state index in [1.807, 2.05) is 0 Å². The predicted molar refractivity (Wildman–Crippen MR) is 62.5 cm³/mol. The molecule has 0 spiro atoms. The quantitative estimate of drug-likeness (QED) is 0.726. The standard InChI is InChI=1S/C12H26N2/c1-5-12(10(2)3)14-7-6-11(9-14)8-13-4/h10-13H,5-9H2,1-4H3. The Hall–Kier alpha value is -0.0800. The molecule has 1 rings (SSSR count). The van der Waals surface area contributed by atoms with Gasteiger partial charge in [0.2, 0.25) is 0 Å². The molecule has 0 radical (unpaired) electrons. The molecule has 0 amide bonds. The Morgan fingerprint density at radius 3 is 2.64 bits per heavy atom. The zero-order valence-electron chi connectivity index (χ0n) is 10.2. The molecular weight excluding hydrogens is 172 g/mol. The number of rotatable bonds is 5. The number of likely N-dealkylation sites (tertiary alicyclic amines) is 1. The summed E-state index contributed by atoms with van der Waals surface area (Å²) in [5.41, 5.74) is 0. The Morgan fingerprint density at radius 1 is 1.43 bits per heavy atom. The van der Waals surface area contributed by atoms with Crippen molar-refractivity contribution in [3.63, 3.8) is 0 Å². The van der Waals surface area contributed by atoms with E-state index in [9.17, 15) is 0 Å². The van der Waals surface area contributed by atoms with E-state index in [0.29, 0.717) is 0 Å². The fourth-order valence-corrected chi connectivity index (χ4v) is 2.77. The van der Waals surface area contributed by atoms with E-state index in [0.717, 1.165) is 17.9 Å². The lowest BCUT2D eigenvalue weighted by molar-refractivity contribution is 0.179. The molecule has 0 aromatic carbocycles. The first-order valence-corrected chi connectivity index (χ1v) is 6.07. The lowest BCUT2D eigenvalue weighted by Crippen LogP contribution is -2.37. The summed E-state index contributed by atoms with van der Waals surface area (Å²) in [5, 5.41) is 3.29. The number of nitrogens with zero attached hydrogens (tertiary/aromatic N) is 1. The van der Waals surface area contributed by atoms with Crippen molar-refractivity contribution in [1.29, 1.82) is 0 Å². The summed E-state index contributed by atoms with van der Waals surface area (Å²) in [6.07, 6.45) is 2.67. The monoisotopic (exact) mass is 198 g/mol. The molecule has 1 aliphatic rings. The molecule has 0 aromatic rings. The smallest absolute Gasteiger partial charge is 0.0116 e. The normalized spacial score (nSPS) is 25.9. The topological polar surface area (TPSA) is 15.3 Å². The first kappa shape index (κ1) is 12.0. The second kappa shape index (κ2) is 5.72. The zero-order valence-corrected chi connectivity index (χ0v) is 10.2. The molecular formula is C12H26N2. The SMILES string of the molecule is CCC(C(C)C)N1CCC(CNC)C1. The van der Waals surface area contributed by atoms with Crippen molar-refractivity contribution in [1.82, 2.24) is 10.2 Å². The van der Waals surface area contributed by atoms with Crippen LogP contribution in [0.3, 0.4) is 0 Å². The van der Waals surface area contributed by atoms with Gasteiger partial charge in [0.1, 0.15) is 0 Å². The van der Waals surface area contributed by atoms with Crippen LogP contribution in [-0.4, -0.2) is 37.6 Å². The molecule has 0 bridgehead atoms. The Bertz CT molecular complexity index is 156. The molecule has 1 fully saturated rings. The fourth-order valence-electron chi connectivity index (χ4n) is 2.77. The van der Waals surface area contributed by atoms with E-state index in [-0.39, 0.29) is 0 Å². The predicted octanol–water partition coefficient (Wildman–Crippen LogP) is 1.96. The van der Waals surface area contributed by atoms with Crippen LogP contribution in [-0.2, 0) is 0 Å². The van der Waals surface area contributed by atoms with Gasteiger partial charge in [-0.3, -0.25) is 4.90 Å². The van der Waals surface area contributed by atoms with Gasteiger partial charge in [-0.25, -0.2) is 0 Å². The van der Waals surface area contributed by atoms with Gasteiger partial charge in [-0.2, -0.15) is 0 Å². The van der Waals surface area contributed by atoms with Gasteiger partial charge in [-0.05, 0) is 44.8 Å². The summed E-state index contributed by atoms with van der Waals surface area (Å²) in [4.78, 5) is 2.69. The fraction of sp³-hybridized carbons (Fsp3) is 1.00. The largest absolute Gasteiger partial charge is 0.319 e. The van der Waals surface area contributed by atoms with Crippen LogP contribution in [0.1, 0.15) is 33.6 Å². The minimum absolute atomic E-state index is 0.799. The summed E-state index contributed by atoms with van der Waals surface area (Å²) in [7, 11) is 2.06. The van der Waals surface area contributed by atoms with Crippen LogP contribution in [0.5, 0.6) is 0 Å². The minimum Gasteiger partial charge on any atom is -0.319 e. The van der Waals surface area contributed by atoms with E-state index >= 15 is 0 Å². The van der Waals surface area contributed by atoms with E-state index in [4.69, 9.17) is 0 Å². The number of nitrogens with one attached hydrogen (secondary N) is 1. The summed E-state index contributed by atoms with van der Waals surface area (Å²) in [6.45, 7) is 10.8. The van der Waals surface area contributed by atoms with Crippen molar-refractivity contribution >= 4 is 0 Å². The summed E-state index contributed by atoms with van der Waals surface area (Å²) in [5.74, 6) is 1.68. The average molecular weight is 198 g/mol. The maximum Gasteiger partial charge on any atom is 0.0116 e. The van der Waals surface area contributed by atoms with Crippen LogP contribution in [0.2, 0.25) is 0 Å². The summed E-state index contributed by atoms with van der Waals surface area (Å²) in [6, 6.07) is 0.803. The molecule has 0 aromatic heterocycles. The van der Waals surface area contributed by atoms with E-state index in [1.165, 1.54) is 32.5 Å². The van der Waals surface area contributed by atoms with Crippen LogP contribution in [0, 0.1) is 11.8 Å². The second-order valence-corrected chi connectivity index (χ2v) is 4.93. The Morgan fingerprint density at radius 2 is 2.14 bits per heavy atom. The van der Waals surface area contributed by atoms with Gasteiger partial charge in [-0.15, -0.1) is 0 Å². The number of hydrogen-bond donors (Lipinski definition) is 1. The van der Waals surface area contributed by atoms with E-state index in [2.05, 4.69) is 38.0 Å². The molecule has 0 aliphatic carbocycles. The first-order valence-electron chi connectivity index (χ1n) is 6.07. The Balaban J connectivity index is 2.39. The van der Waals surface area contributed by atoms with Gasteiger partial charge in [-0.1, -0.05) is 20.8 Å². The van der Waals surface area contributed by atoms with Crippen LogP contribution in [0.4, 0.5) is 0 Å². The van der Waals surface area contributed by atoms with E-state index < -0.39 is 0 Å². The first-order chi connectivity index (χ1) is 6.69. The van der Waals surface area contributed by atoms with Crippen LogP contribution in [0.25, 0.3) is 0 Å². The maximum atomic E-state index is 3.29. The van der Waals surface area contributed by atoms with Crippen LogP contribution >= 0.6 is 0 Å². The summed E-state index contributed by atoms with van der Waals surface area (Å²) >= 11 is 0. The molecule has 2 unspecified atom stereocenters. The molecule has 1 aliphatic heterocycles. The third kappa shape index (κ3) is 2.96. The van der Waals surface area contributed by atoms with Crippen molar-refractivity contribution in [2.75, 3.05) is 26.7 Å².